The third-order valence-electron chi connectivity index (χ3n) is 5.29. The average molecular weight is 451 g/mol. The Morgan fingerprint density at radius 1 is 1.16 bits per heavy atom. The van der Waals surface area contributed by atoms with E-state index in [0.717, 1.165) is 42.4 Å². The maximum absolute atomic E-state index is 12.5. The quantitative estimate of drug-likeness (QED) is 0.510. The molecule has 2 N–H and O–H groups in total. The fraction of sp³-hybridized carbons (Fsp3) is 0.292. The minimum atomic E-state index is -0.161. The van der Waals surface area contributed by atoms with Gasteiger partial charge in [0.1, 0.15) is 0 Å². The highest BCUT2D eigenvalue weighted by Crippen LogP contribution is 2.28. The standard InChI is InChI=1S/C24H26N4O3S/c1-25-23(30)18-9-11-19(12-10-18)27-22(29)16-32-24-26-14-21(17-6-3-2-4-7-17)28(24)15-20-8-5-13-31-20/h2-4,6-7,9-12,14,20H,5,8,13,15-16H2,1H3,(H,25,30)(H,27,29). The van der Waals surface area contributed by atoms with Crippen molar-refractivity contribution in [2.24, 2.45) is 0 Å². The second kappa shape index (κ2) is 10.5. The number of hydrogen-bond acceptors (Lipinski definition) is 5. The van der Waals surface area contributed by atoms with E-state index in [2.05, 4.69) is 32.3 Å². The molecule has 1 fully saturated rings. The summed E-state index contributed by atoms with van der Waals surface area (Å²) in [6, 6.07) is 16.9. The van der Waals surface area contributed by atoms with Crippen molar-refractivity contribution in [1.29, 1.82) is 0 Å². The lowest BCUT2D eigenvalue weighted by molar-refractivity contribution is -0.113. The van der Waals surface area contributed by atoms with Gasteiger partial charge in [0.2, 0.25) is 5.91 Å². The highest BCUT2D eigenvalue weighted by atomic mass is 32.2. The number of benzene rings is 2. The Morgan fingerprint density at radius 2 is 1.94 bits per heavy atom. The van der Waals surface area contributed by atoms with Crippen molar-refractivity contribution in [2.75, 3.05) is 24.7 Å². The van der Waals surface area contributed by atoms with Crippen molar-refractivity contribution in [3.63, 3.8) is 0 Å². The van der Waals surface area contributed by atoms with E-state index in [4.69, 9.17) is 4.74 Å². The van der Waals surface area contributed by atoms with Crippen LogP contribution in [0.15, 0.2) is 66.0 Å². The normalized spacial score (nSPS) is 15.5. The van der Waals surface area contributed by atoms with Crippen molar-refractivity contribution < 1.29 is 14.3 Å². The maximum Gasteiger partial charge on any atom is 0.251 e. The van der Waals surface area contributed by atoms with Gasteiger partial charge in [0.15, 0.2) is 5.16 Å². The molecule has 166 valence electrons. The third kappa shape index (κ3) is 5.38. The Kier molecular flexibility index (Phi) is 7.24. The molecule has 0 radical (unpaired) electrons. The molecule has 1 aromatic heterocycles. The number of anilines is 1. The number of rotatable bonds is 8. The van der Waals surface area contributed by atoms with Crippen LogP contribution in [0, 0.1) is 0 Å². The average Bonchev–Trinajstić information content (AvgIpc) is 3.49. The fourth-order valence-corrected chi connectivity index (χ4v) is 4.45. The SMILES string of the molecule is CNC(=O)c1ccc(NC(=O)CSc2ncc(-c3ccccc3)n2CC2CCCO2)cc1. The smallest absolute Gasteiger partial charge is 0.251 e. The molecule has 1 aliphatic heterocycles. The van der Waals surface area contributed by atoms with Crippen molar-refractivity contribution >= 4 is 29.3 Å². The molecule has 32 heavy (non-hydrogen) atoms. The maximum atomic E-state index is 12.5. The summed E-state index contributed by atoms with van der Waals surface area (Å²) in [6.07, 6.45) is 4.13. The second-order valence-electron chi connectivity index (χ2n) is 7.53. The molecule has 0 spiro atoms. The Labute approximate surface area is 191 Å². The van der Waals surface area contributed by atoms with E-state index in [1.807, 2.05) is 24.4 Å². The topological polar surface area (TPSA) is 85.3 Å². The molecule has 1 atom stereocenters. The monoisotopic (exact) mass is 450 g/mol. The van der Waals surface area contributed by atoms with Gasteiger partial charge in [0.25, 0.3) is 5.91 Å². The van der Waals surface area contributed by atoms with Crippen molar-refractivity contribution in [1.82, 2.24) is 14.9 Å². The zero-order valence-corrected chi connectivity index (χ0v) is 18.7. The Balaban J connectivity index is 1.43. The number of carbonyl (C=O) groups excluding carboxylic acids is 2. The first kappa shape index (κ1) is 22.1. The number of thioether (sulfide) groups is 1. The molecule has 2 aromatic carbocycles. The molecule has 1 unspecified atom stereocenters. The molecule has 1 aliphatic rings. The van der Waals surface area contributed by atoms with Gasteiger partial charge in [-0.25, -0.2) is 4.98 Å². The lowest BCUT2D eigenvalue weighted by Gasteiger charge is -2.16. The molecule has 7 nitrogen and oxygen atoms in total. The van der Waals surface area contributed by atoms with Crippen LogP contribution < -0.4 is 10.6 Å². The second-order valence-corrected chi connectivity index (χ2v) is 8.47. The summed E-state index contributed by atoms with van der Waals surface area (Å²) in [5.41, 5.74) is 3.31. The number of imidazole rings is 1. The Bertz CT molecular complexity index is 1060. The number of amides is 2. The Morgan fingerprint density at radius 3 is 2.62 bits per heavy atom. The van der Waals surface area contributed by atoms with Crippen LogP contribution in [-0.2, 0) is 16.1 Å². The number of ether oxygens (including phenoxy) is 1. The van der Waals surface area contributed by atoms with Gasteiger partial charge in [-0.05, 0) is 42.7 Å². The van der Waals surface area contributed by atoms with Gasteiger partial charge < -0.3 is 19.9 Å². The first-order valence-electron chi connectivity index (χ1n) is 10.6. The number of aromatic nitrogens is 2. The van der Waals surface area contributed by atoms with Crippen LogP contribution >= 0.6 is 11.8 Å². The van der Waals surface area contributed by atoms with E-state index < -0.39 is 0 Å². The molecule has 0 bridgehead atoms. The van der Waals surface area contributed by atoms with Crippen LogP contribution in [0.3, 0.4) is 0 Å². The summed E-state index contributed by atoms with van der Waals surface area (Å²) < 4.78 is 8.00. The molecule has 0 aliphatic carbocycles. The number of nitrogens with one attached hydrogen (secondary N) is 2. The summed E-state index contributed by atoms with van der Waals surface area (Å²) in [6.45, 7) is 1.51. The van der Waals surface area contributed by atoms with E-state index in [1.165, 1.54) is 11.8 Å². The van der Waals surface area contributed by atoms with Crippen molar-refractivity contribution in [3.8, 4) is 11.3 Å². The van der Waals surface area contributed by atoms with Crippen LogP contribution in [0.2, 0.25) is 0 Å². The molecule has 1 saturated heterocycles. The number of nitrogens with zero attached hydrogens (tertiary/aromatic N) is 2. The lowest BCUT2D eigenvalue weighted by Crippen LogP contribution is -2.19. The zero-order valence-electron chi connectivity index (χ0n) is 17.9. The summed E-state index contributed by atoms with van der Waals surface area (Å²) in [7, 11) is 1.58. The Hall–Kier alpha value is -3.10. The highest BCUT2D eigenvalue weighted by molar-refractivity contribution is 7.99. The van der Waals surface area contributed by atoms with Gasteiger partial charge in [-0.1, -0.05) is 42.1 Å². The summed E-state index contributed by atoms with van der Waals surface area (Å²) in [5.74, 6) is -0.0603. The molecule has 8 heteroatoms. The summed E-state index contributed by atoms with van der Waals surface area (Å²) in [4.78, 5) is 28.8. The van der Waals surface area contributed by atoms with Crippen molar-refractivity contribution in [3.05, 3.63) is 66.4 Å². The van der Waals surface area contributed by atoms with Crippen LogP contribution in [0.5, 0.6) is 0 Å². The van der Waals surface area contributed by atoms with Gasteiger partial charge >= 0.3 is 0 Å². The van der Waals surface area contributed by atoms with E-state index in [0.29, 0.717) is 11.3 Å². The molecule has 4 rings (SSSR count). The van der Waals surface area contributed by atoms with Gasteiger partial charge in [-0.2, -0.15) is 0 Å². The van der Waals surface area contributed by atoms with Crippen LogP contribution in [0.1, 0.15) is 23.2 Å². The van der Waals surface area contributed by atoms with Gasteiger partial charge in [0, 0.05) is 24.9 Å². The van der Waals surface area contributed by atoms with E-state index >= 15 is 0 Å². The van der Waals surface area contributed by atoms with E-state index in [1.54, 1.807) is 31.3 Å². The van der Waals surface area contributed by atoms with Gasteiger partial charge in [-0.3, -0.25) is 9.59 Å². The van der Waals surface area contributed by atoms with Crippen LogP contribution in [-0.4, -0.2) is 46.9 Å². The third-order valence-corrected chi connectivity index (χ3v) is 6.28. The molecular weight excluding hydrogens is 424 g/mol. The first-order chi connectivity index (χ1) is 15.6. The van der Waals surface area contributed by atoms with E-state index in [9.17, 15) is 9.59 Å². The number of hydrogen-bond donors (Lipinski definition) is 2. The summed E-state index contributed by atoms with van der Waals surface area (Å²) >= 11 is 1.41. The molecule has 3 aromatic rings. The largest absolute Gasteiger partial charge is 0.376 e. The zero-order chi connectivity index (χ0) is 22.3. The minimum Gasteiger partial charge on any atom is -0.376 e. The number of carbonyl (C=O) groups is 2. The minimum absolute atomic E-state index is 0.129. The van der Waals surface area contributed by atoms with Crippen LogP contribution in [0.4, 0.5) is 5.69 Å². The predicted molar refractivity (Wildman–Crippen MR) is 126 cm³/mol. The molecule has 0 saturated carbocycles. The first-order valence-corrected chi connectivity index (χ1v) is 11.6. The van der Waals surface area contributed by atoms with Gasteiger partial charge in [-0.15, -0.1) is 0 Å². The highest BCUT2D eigenvalue weighted by Gasteiger charge is 2.21. The fourth-order valence-electron chi connectivity index (χ4n) is 3.66. The predicted octanol–water partition coefficient (Wildman–Crippen LogP) is 3.82. The van der Waals surface area contributed by atoms with E-state index in [-0.39, 0.29) is 23.7 Å². The molecule has 2 heterocycles. The van der Waals surface area contributed by atoms with Crippen molar-refractivity contribution in [2.45, 2.75) is 30.6 Å². The van der Waals surface area contributed by atoms with Gasteiger partial charge in [0.05, 0.1) is 30.3 Å². The molecular formula is C24H26N4O3S. The lowest BCUT2D eigenvalue weighted by atomic mass is 10.1. The summed E-state index contributed by atoms with van der Waals surface area (Å²) in [5, 5.41) is 6.25. The van der Waals surface area contributed by atoms with Crippen LogP contribution in [0.25, 0.3) is 11.3 Å². The molecule has 2 amide bonds.